The summed E-state index contributed by atoms with van der Waals surface area (Å²) in [7, 11) is 0. The number of nitrogens with one attached hydrogen (secondary N) is 2. The summed E-state index contributed by atoms with van der Waals surface area (Å²) < 4.78 is 5.00. The van der Waals surface area contributed by atoms with Crippen LogP contribution in [0.15, 0.2) is 65.2 Å². The molecule has 0 saturated carbocycles. The molecular weight excluding hydrogens is 290 g/mol. The number of nitrogens with zero attached hydrogens (tertiary/aromatic N) is 1. The first-order valence-electron chi connectivity index (χ1n) is 7.33. The number of amides is 1. The summed E-state index contributed by atoms with van der Waals surface area (Å²) in [5.74, 6) is 1.37. The van der Waals surface area contributed by atoms with Crippen LogP contribution >= 0.6 is 0 Å². The molecule has 5 nitrogen and oxygen atoms in total. The van der Waals surface area contributed by atoms with E-state index in [2.05, 4.69) is 15.8 Å². The maximum atomic E-state index is 12.0. The summed E-state index contributed by atoms with van der Waals surface area (Å²) in [5.41, 5.74) is 2.62. The SMILES string of the molecule is Cc1cc(Nc2ccc(NC(=O)Cc3ccccc3)cc2)no1. The lowest BCUT2D eigenvalue weighted by Crippen LogP contribution is -2.14. The predicted octanol–water partition coefficient (Wildman–Crippen LogP) is 3.91. The smallest absolute Gasteiger partial charge is 0.228 e. The number of hydrogen-bond donors (Lipinski definition) is 2. The summed E-state index contributed by atoms with van der Waals surface area (Å²) in [4.78, 5) is 12.0. The molecule has 0 fully saturated rings. The normalized spacial score (nSPS) is 10.3. The van der Waals surface area contributed by atoms with E-state index in [1.165, 1.54) is 0 Å². The Bertz CT molecular complexity index is 780. The van der Waals surface area contributed by atoms with E-state index >= 15 is 0 Å². The lowest BCUT2D eigenvalue weighted by atomic mass is 10.1. The summed E-state index contributed by atoms with van der Waals surface area (Å²) in [6.45, 7) is 1.84. The van der Waals surface area contributed by atoms with Gasteiger partial charge in [0.1, 0.15) is 5.76 Å². The highest BCUT2D eigenvalue weighted by Gasteiger charge is 2.05. The highest BCUT2D eigenvalue weighted by molar-refractivity contribution is 5.92. The maximum absolute atomic E-state index is 12.0. The van der Waals surface area contributed by atoms with Gasteiger partial charge in [-0.05, 0) is 36.8 Å². The van der Waals surface area contributed by atoms with Gasteiger partial charge in [0, 0.05) is 17.4 Å². The van der Waals surface area contributed by atoms with Crippen LogP contribution in [-0.4, -0.2) is 11.1 Å². The van der Waals surface area contributed by atoms with Gasteiger partial charge in [0.2, 0.25) is 5.91 Å². The molecule has 3 rings (SSSR count). The molecule has 0 spiro atoms. The Kier molecular flexibility index (Phi) is 4.38. The number of carbonyl (C=O) groups excluding carboxylic acids is 1. The standard InChI is InChI=1S/C18H17N3O2/c1-13-11-17(21-23-13)19-15-7-9-16(10-8-15)20-18(22)12-14-5-3-2-4-6-14/h2-11H,12H2,1H3,(H,19,21)(H,20,22). The molecule has 0 bridgehead atoms. The van der Waals surface area contributed by atoms with Gasteiger partial charge in [-0.1, -0.05) is 35.5 Å². The molecule has 116 valence electrons. The van der Waals surface area contributed by atoms with Crippen LogP contribution < -0.4 is 10.6 Å². The fraction of sp³-hybridized carbons (Fsp3) is 0.111. The zero-order valence-corrected chi connectivity index (χ0v) is 12.7. The van der Waals surface area contributed by atoms with Gasteiger partial charge < -0.3 is 15.2 Å². The third-order valence-corrected chi connectivity index (χ3v) is 3.28. The van der Waals surface area contributed by atoms with Gasteiger partial charge in [-0.15, -0.1) is 0 Å². The first kappa shape index (κ1) is 14.8. The van der Waals surface area contributed by atoms with Gasteiger partial charge >= 0.3 is 0 Å². The molecule has 0 aliphatic heterocycles. The van der Waals surface area contributed by atoms with Crippen LogP contribution in [0.2, 0.25) is 0 Å². The molecule has 0 aliphatic rings. The molecule has 0 saturated heterocycles. The largest absolute Gasteiger partial charge is 0.360 e. The van der Waals surface area contributed by atoms with Crippen molar-refractivity contribution < 1.29 is 9.32 Å². The van der Waals surface area contributed by atoms with E-state index in [9.17, 15) is 4.79 Å². The van der Waals surface area contributed by atoms with Gasteiger partial charge in [-0.25, -0.2) is 0 Å². The number of hydrogen-bond acceptors (Lipinski definition) is 4. The second-order valence-corrected chi connectivity index (χ2v) is 5.24. The molecule has 1 heterocycles. The van der Waals surface area contributed by atoms with Crippen molar-refractivity contribution in [1.29, 1.82) is 0 Å². The zero-order valence-electron chi connectivity index (χ0n) is 12.7. The third kappa shape index (κ3) is 4.20. The van der Waals surface area contributed by atoms with Crippen LogP contribution in [0.25, 0.3) is 0 Å². The monoisotopic (exact) mass is 307 g/mol. The first-order chi connectivity index (χ1) is 11.2. The summed E-state index contributed by atoms with van der Waals surface area (Å²) in [5, 5.41) is 9.89. The lowest BCUT2D eigenvalue weighted by Gasteiger charge is -2.07. The maximum Gasteiger partial charge on any atom is 0.228 e. The van der Waals surface area contributed by atoms with Crippen molar-refractivity contribution in [2.45, 2.75) is 13.3 Å². The molecule has 5 heteroatoms. The highest BCUT2D eigenvalue weighted by atomic mass is 16.5. The van der Waals surface area contributed by atoms with E-state index < -0.39 is 0 Å². The van der Waals surface area contributed by atoms with Crippen molar-refractivity contribution in [3.05, 3.63) is 72.0 Å². The molecule has 1 amide bonds. The molecule has 0 radical (unpaired) electrons. The van der Waals surface area contributed by atoms with Crippen LogP contribution in [-0.2, 0) is 11.2 Å². The lowest BCUT2D eigenvalue weighted by molar-refractivity contribution is -0.115. The Morgan fingerprint density at radius 2 is 1.74 bits per heavy atom. The third-order valence-electron chi connectivity index (χ3n) is 3.28. The van der Waals surface area contributed by atoms with Crippen molar-refractivity contribution in [2.24, 2.45) is 0 Å². The Hall–Kier alpha value is -3.08. The number of carbonyl (C=O) groups is 1. The molecule has 0 unspecified atom stereocenters. The molecular formula is C18H17N3O2. The fourth-order valence-corrected chi connectivity index (χ4v) is 2.20. The number of anilines is 3. The van der Waals surface area contributed by atoms with Crippen LogP contribution in [0.3, 0.4) is 0 Å². The summed E-state index contributed by atoms with van der Waals surface area (Å²) in [6, 6.07) is 18.9. The summed E-state index contributed by atoms with van der Waals surface area (Å²) in [6.07, 6.45) is 0.360. The Morgan fingerprint density at radius 1 is 1.04 bits per heavy atom. The van der Waals surface area contributed by atoms with E-state index in [1.807, 2.05) is 67.6 Å². The van der Waals surface area contributed by atoms with Crippen LogP contribution in [0.4, 0.5) is 17.2 Å². The number of aryl methyl sites for hydroxylation is 1. The number of benzene rings is 2. The van der Waals surface area contributed by atoms with E-state index in [4.69, 9.17) is 4.52 Å². The molecule has 3 aromatic rings. The minimum atomic E-state index is -0.0379. The average Bonchev–Trinajstić information content (AvgIpc) is 2.95. The second-order valence-electron chi connectivity index (χ2n) is 5.24. The van der Waals surface area contributed by atoms with Crippen molar-refractivity contribution in [2.75, 3.05) is 10.6 Å². The quantitative estimate of drug-likeness (QED) is 0.750. The topological polar surface area (TPSA) is 67.2 Å². The average molecular weight is 307 g/mol. The van der Waals surface area contributed by atoms with E-state index in [1.54, 1.807) is 0 Å². The highest BCUT2D eigenvalue weighted by Crippen LogP contribution is 2.18. The van der Waals surface area contributed by atoms with Crippen LogP contribution in [0.1, 0.15) is 11.3 Å². The Labute approximate surface area is 134 Å². The van der Waals surface area contributed by atoms with Gasteiger partial charge in [0.05, 0.1) is 6.42 Å². The minimum Gasteiger partial charge on any atom is -0.360 e. The van der Waals surface area contributed by atoms with Crippen molar-refractivity contribution >= 4 is 23.1 Å². The number of aromatic nitrogens is 1. The fourth-order valence-electron chi connectivity index (χ4n) is 2.20. The Morgan fingerprint density at radius 3 is 2.39 bits per heavy atom. The van der Waals surface area contributed by atoms with Gasteiger partial charge in [-0.3, -0.25) is 4.79 Å². The van der Waals surface area contributed by atoms with Crippen LogP contribution in [0, 0.1) is 6.92 Å². The van der Waals surface area contributed by atoms with E-state index in [0.717, 1.165) is 22.7 Å². The Balaban J connectivity index is 1.57. The minimum absolute atomic E-state index is 0.0379. The van der Waals surface area contributed by atoms with Crippen molar-refractivity contribution in [3.8, 4) is 0 Å². The van der Waals surface area contributed by atoms with Gasteiger partial charge in [0.25, 0.3) is 0 Å². The molecule has 2 aromatic carbocycles. The summed E-state index contributed by atoms with van der Waals surface area (Å²) >= 11 is 0. The molecule has 23 heavy (non-hydrogen) atoms. The zero-order chi connectivity index (χ0) is 16.1. The molecule has 1 aromatic heterocycles. The van der Waals surface area contributed by atoms with Gasteiger partial charge in [-0.2, -0.15) is 0 Å². The predicted molar refractivity (Wildman–Crippen MR) is 89.7 cm³/mol. The first-order valence-corrected chi connectivity index (χ1v) is 7.33. The molecule has 0 aliphatic carbocycles. The van der Waals surface area contributed by atoms with Crippen molar-refractivity contribution in [1.82, 2.24) is 5.16 Å². The number of rotatable bonds is 5. The van der Waals surface area contributed by atoms with E-state index in [0.29, 0.717) is 12.2 Å². The van der Waals surface area contributed by atoms with Crippen molar-refractivity contribution in [3.63, 3.8) is 0 Å². The van der Waals surface area contributed by atoms with Crippen LogP contribution in [0.5, 0.6) is 0 Å². The molecule has 0 atom stereocenters. The second kappa shape index (κ2) is 6.79. The molecule has 2 N–H and O–H groups in total. The van der Waals surface area contributed by atoms with E-state index in [-0.39, 0.29) is 5.91 Å². The van der Waals surface area contributed by atoms with Gasteiger partial charge in [0.15, 0.2) is 5.82 Å².